The number of ketones is 1. The number of H-pyrrole nitrogens is 1. The summed E-state index contributed by atoms with van der Waals surface area (Å²) in [5.41, 5.74) is 1.49. The summed E-state index contributed by atoms with van der Waals surface area (Å²) in [5, 5.41) is 12.9. The minimum atomic E-state index is -0.985. The number of amides is 1. The number of hydrogen-bond acceptors (Lipinski definition) is 7. The van der Waals surface area contributed by atoms with Crippen LogP contribution in [0.25, 0.3) is 0 Å². The van der Waals surface area contributed by atoms with Crippen LogP contribution in [-0.4, -0.2) is 42.3 Å². The van der Waals surface area contributed by atoms with E-state index in [0.29, 0.717) is 6.42 Å². The number of nitrogens with one attached hydrogen (secondary N) is 2. The van der Waals surface area contributed by atoms with Crippen molar-refractivity contribution in [1.29, 1.82) is 0 Å². The second-order valence-corrected chi connectivity index (χ2v) is 9.18. The van der Waals surface area contributed by atoms with Gasteiger partial charge < -0.3 is 9.73 Å². The summed E-state index contributed by atoms with van der Waals surface area (Å²) < 4.78 is 7.50. The first kappa shape index (κ1) is 25.5. The number of aromatic nitrogens is 5. The van der Waals surface area contributed by atoms with Crippen LogP contribution in [0.4, 0.5) is 0 Å². The maximum atomic E-state index is 13.1. The molecule has 4 aromatic rings. The molecule has 0 unspecified atom stereocenters. The number of rotatable bonds is 10. The summed E-state index contributed by atoms with van der Waals surface area (Å²) in [5.74, 6) is -1.47. The Kier molecular flexibility index (Phi) is 7.61. The van der Waals surface area contributed by atoms with Gasteiger partial charge in [-0.25, -0.2) is 23.9 Å². The van der Waals surface area contributed by atoms with E-state index in [4.69, 9.17) is 4.42 Å². The van der Waals surface area contributed by atoms with Gasteiger partial charge in [-0.2, -0.15) is 0 Å². The summed E-state index contributed by atoms with van der Waals surface area (Å²) in [6.07, 6.45) is 0.367. The number of aromatic amines is 1. The lowest BCUT2D eigenvalue weighted by atomic mass is 9.99. The number of aryl methyl sites for hydroxylation is 1. The van der Waals surface area contributed by atoms with Gasteiger partial charge in [-0.1, -0.05) is 74.0 Å². The summed E-state index contributed by atoms with van der Waals surface area (Å²) in [6.45, 7) is 5.08. The molecule has 0 aliphatic carbocycles. The predicted molar refractivity (Wildman–Crippen MR) is 134 cm³/mol. The summed E-state index contributed by atoms with van der Waals surface area (Å²) >= 11 is 0. The Morgan fingerprint density at radius 1 is 1.03 bits per heavy atom. The molecule has 0 aliphatic heterocycles. The molecule has 0 spiro atoms. The van der Waals surface area contributed by atoms with Gasteiger partial charge in [-0.3, -0.25) is 9.59 Å². The van der Waals surface area contributed by atoms with E-state index < -0.39 is 35.7 Å². The van der Waals surface area contributed by atoms with Crippen LogP contribution < -0.4 is 16.7 Å². The van der Waals surface area contributed by atoms with Crippen LogP contribution in [0, 0.1) is 12.8 Å². The van der Waals surface area contributed by atoms with Gasteiger partial charge in [0.2, 0.25) is 17.6 Å². The summed E-state index contributed by atoms with van der Waals surface area (Å²) in [4.78, 5) is 50.9. The maximum Gasteiger partial charge on any atom is 0.347 e. The lowest BCUT2D eigenvalue weighted by Gasteiger charge is -2.19. The average Bonchev–Trinajstić information content (AvgIpc) is 3.42. The van der Waals surface area contributed by atoms with Crippen LogP contribution >= 0.6 is 0 Å². The van der Waals surface area contributed by atoms with Crippen LogP contribution in [0.3, 0.4) is 0 Å². The van der Waals surface area contributed by atoms with E-state index in [1.807, 2.05) is 61.5 Å². The van der Waals surface area contributed by atoms with Gasteiger partial charge >= 0.3 is 11.4 Å². The molecule has 37 heavy (non-hydrogen) atoms. The zero-order chi connectivity index (χ0) is 26.5. The Bertz CT molecular complexity index is 1510. The molecular weight excluding hydrogens is 476 g/mol. The lowest BCUT2D eigenvalue weighted by molar-refractivity contribution is -0.122. The number of carbonyl (C=O) groups excluding carboxylic acids is 2. The summed E-state index contributed by atoms with van der Waals surface area (Å²) in [6, 6.07) is 15.9. The van der Waals surface area contributed by atoms with Crippen LogP contribution in [0.15, 0.2) is 68.6 Å². The molecule has 1 atom stereocenters. The van der Waals surface area contributed by atoms with Gasteiger partial charge in [0.25, 0.3) is 5.89 Å². The Hall–Kier alpha value is -4.54. The standard InChI is InChI=1S/C26H28N6O5/c1-16(2)22(23(34)24-29-28-21(37-24)13-19-11-7-8-17(3)12-19)27-20(33)15-31-25(35)30-32(26(31)36)14-18-9-5-4-6-10-18/h4-12,16,22H,13-15H2,1-3H3,(H,27,33)(H,30,35)/t22-/m0/s1. The highest BCUT2D eigenvalue weighted by molar-refractivity contribution is 5.98. The lowest BCUT2D eigenvalue weighted by Crippen LogP contribution is -2.47. The predicted octanol–water partition coefficient (Wildman–Crippen LogP) is 1.69. The van der Waals surface area contributed by atoms with E-state index >= 15 is 0 Å². The SMILES string of the molecule is Cc1cccc(Cc2nnc(C(=O)[C@@H](NC(=O)Cn3c(=O)[nH]n(Cc4ccccc4)c3=O)C(C)C)o2)c1. The van der Waals surface area contributed by atoms with Gasteiger partial charge in [0.05, 0.1) is 19.0 Å². The molecule has 0 radical (unpaired) electrons. The van der Waals surface area contributed by atoms with Gasteiger partial charge in [-0.15, -0.1) is 10.2 Å². The molecule has 0 fully saturated rings. The highest BCUT2D eigenvalue weighted by Gasteiger charge is 2.30. The minimum Gasteiger partial charge on any atom is -0.418 e. The number of nitrogens with zero attached hydrogens (tertiary/aromatic N) is 4. The first-order chi connectivity index (χ1) is 17.7. The van der Waals surface area contributed by atoms with Crippen molar-refractivity contribution < 1.29 is 14.0 Å². The van der Waals surface area contributed by atoms with Crippen molar-refractivity contribution in [3.8, 4) is 0 Å². The smallest absolute Gasteiger partial charge is 0.347 e. The Labute approximate surface area is 212 Å². The number of Topliss-reactive ketones (excluding diaryl/α,β-unsaturated/α-hetero) is 1. The monoisotopic (exact) mass is 504 g/mol. The maximum absolute atomic E-state index is 13.1. The first-order valence-corrected chi connectivity index (χ1v) is 11.9. The van der Waals surface area contributed by atoms with E-state index in [9.17, 15) is 19.2 Å². The van der Waals surface area contributed by atoms with Crippen molar-refractivity contribution in [1.82, 2.24) is 29.9 Å². The fourth-order valence-electron chi connectivity index (χ4n) is 3.92. The highest BCUT2D eigenvalue weighted by atomic mass is 16.4. The third-order valence-electron chi connectivity index (χ3n) is 5.80. The van der Waals surface area contributed by atoms with E-state index in [1.165, 1.54) is 0 Å². The second-order valence-electron chi connectivity index (χ2n) is 9.18. The molecule has 0 bridgehead atoms. The molecule has 1 amide bonds. The van der Waals surface area contributed by atoms with E-state index in [1.54, 1.807) is 13.8 Å². The number of benzene rings is 2. The molecule has 2 N–H and O–H groups in total. The first-order valence-electron chi connectivity index (χ1n) is 11.9. The molecular formula is C26H28N6O5. The average molecular weight is 505 g/mol. The summed E-state index contributed by atoms with van der Waals surface area (Å²) in [7, 11) is 0. The van der Waals surface area contributed by atoms with Crippen molar-refractivity contribution in [2.24, 2.45) is 5.92 Å². The molecule has 192 valence electrons. The van der Waals surface area contributed by atoms with Gasteiger partial charge in [0.15, 0.2) is 0 Å². The quantitative estimate of drug-likeness (QED) is 0.313. The normalized spacial score (nSPS) is 12.0. The third kappa shape index (κ3) is 6.18. The zero-order valence-corrected chi connectivity index (χ0v) is 20.8. The molecule has 2 heterocycles. The van der Waals surface area contributed by atoms with Crippen molar-refractivity contribution in [2.75, 3.05) is 0 Å². The van der Waals surface area contributed by atoms with E-state index in [2.05, 4.69) is 20.6 Å². The zero-order valence-electron chi connectivity index (χ0n) is 20.8. The van der Waals surface area contributed by atoms with Crippen molar-refractivity contribution in [3.05, 3.63) is 104 Å². The highest BCUT2D eigenvalue weighted by Crippen LogP contribution is 2.14. The molecule has 4 rings (SSSR count). The largest absolute Gasteiger partial charge is 0.418 e. The molecule has 2 aromatic heterocycles. The van der Waals surface area contributed by atoms with Crippen molar-refractivity contribution in [3.63, 3.8) is 0 Å². The topological polar surface area (TPSA) is 145 Å². The van der Waals surface area contributed by atoms with Crippen molar-refractivity contribution in [2.45, 2.75) is 46.3 Å². The van der Waals surface area contributed by atoms with Gasteiger partial charge in [0.1, 0.15) is 6.54 Å². The second kappa shape index (κ2) is 11.0. The van der Waals surface area contributed by atoms with Gasteiger partial charge in [0, 0.05) is 0 Å². The molecule has 0 saturated carbocycles. The van der Waals surface area contributed by atoms with E-state index in [-0.39, 0.29) is 24.2 Å². The van der Waals surface area contributed by atoms with E-state index in [0.717, 1.165) is 25.9 Å². The fourth-order valence-corrected chi connectivity index (χ4v) is 3.92. The Morgan fingerprint density at radius 3 is 2.46 bits per heavy atom. The van der Waals surface area contributed by atoms with Crippen molar-refractivity contribution >= 4 is 11.7 Å². The van der Waals surface area contributed by atoms with Crippen LogP contribution in [0.1, 0.15) is 47.1 Å². The Morgan fingerprint density at radius 2 is 1.76 bits per heavy atom. The Balaban J connectivity index is 1.44. The third-order valence-corrected chi connectivity index (χ3v) is 5.80. The molecule has 2 aromatic carbocycles. The fraction of sp³-hybridized carbons (Fsp3) is 0.308. The minimum absolute atomic E-state index is 0.151. The van der Waals surface area contributed by atoms with Crippen LogP contribution in [0.2, 0.25) is 0 Å². The number of carbonyl (C=O) groups is 2. The molecule has 11 nitrogen and oxygen atoms in total. The molecule has 0 aliphatic rings. The van der Waals surface area contributed by atoms with Crippen LogP contribution in [-0.2, 0) is 24.3 Å². The number of hydrogen-bond donors (Lipinski definition) is 2. The van der Waals surface area contributed by atoms with Crippen LogP contribution in [0.5, 0.6) is 0 Å². The molecule has 11 heteroatoms. The van der Waals surface area contributed by atoms with Gasteiger partial charge in [-0.05, 0) is 24.0 Å². The molecule has 0 saturated heterocycles.